The van der Waals surface area contributed by atoms with Gasteiger partial charge in [-0.3, -0.25) is 14.5 Å². The van der Waals surface area contributed by atoms with Crippen molar-refractivity contribution in [1.29, 1.82) is 0 Å². The molecule has 8 nitrogen and oxygen atoms in total. The van der Waals surface area contributed by atoms with Crippen molar-refractivity contribution in [3.63, 3.8) is 0 Å². The number of carbonyl (C=O) groups is 2. The van der Waals surface area contributed by atoms with Gasteiger partial charge in [-0.15, -0.1) is 0 Å². The third kappa shape index (κ3) is 26.7. The molecule has 1 atom stereocenters. The fourth-order valence-electron chi connectivity index (χ4n) is 3.37. The van der Waals surface area contributed by atoms with Crippen LogP contribution in [0.2, 0.25) is 0 Å². The van der Waals surface area contributed by atoms with Gasteiger partial charge in [-0.1, -0.05) is 83.3 Å². The third-order valence-electron chi connectivity index (χ3n) is 5.30. The molecule has 196 valence electrons. The summed E-state index contributed by atoms with van der Waals surface area (Å²) in [5, 5.41) is 43.0. The van der Waals surface area contributed by atoms with Crippen LogP contribution in [0.1, 0.15) is 90.4 Å². The summed E-state index contributed by atoms with van der Waals surface area (Å²) in [6.07, 6.45) is 18.0. The van der Waals surface area contributed by atoms with E-state index in [1.165, 1.54) is 63.9 Å². The number of rotatable bonds is 22. The van der Waals surface area contributed by atoms with Crippen LogP contribution in [0.25, 0.3) is 0 Å². The molecule has 5 N–H and O–H groups in total. The molecule has 0 bridgehead atoms. The highest BCUT2D eigenvalue weighted by Gasteiger charge is 2.17. The molecule has 0 aliphatic heterocycles. The minimum Gasteiger partial charge on any atom is -0.481 e. The number of nitrogens with zero attached hydrogens (tertiary/aromatic N) is 1. The van der Waals surface area contributed by atoms with E-state index in [1.807, 2.05) is 6.08 Å². The van der Waals surface area contributed by atoms with Gasteiger partial charge in [0.25, 0.3) is 0 Å². The molecule has 0 aliphatic carbocycles. The van der Waals surface area contributed by atoms with Crippen molar-refractivity contribution in [2.45, 2.75) is 90.4 Å². The molecule has 0 saturated heterocycles. The molecule has 0 aromatic heterocycles. The Kier molecular flexibility index (Phi) is 27.3. The number of aliphatic carboxylic acids is 2. The SMILES string of the molecule is CCCCCCCCCCCCCC=CC(CC(=O)O)C(=O)O.OCCN(CCO)CCO. The monoisotopic (exact) mass is 475 g/mol. The first-order valence-corrected chi connectivity index (χ1v) is 12.6. The van der Waals surface area contributed by atoms with Gasteiger partial charge in [0.15, 0.2) is 0 Å². The van der Waals surface area contributed by atoms with Gasteiger partial charge in [0, 0.05) is 19.6 Å². The fourth-order valence-corrected chi connectivity index (χ4v) is 3.37. The second-order valence-corrected chi connectivity index (χ2v) is 8.31. The Hall–Kier alpha value is -1.48. The van der Waals surface area contributed by atoms with Crippen LogP contribution >= 0.6 is 0 Å². The van der Waals surface area contributed by atoms with Crippen molar-refractivity contribution in [3.05, 3.63) is 12.2 Å². The van der Waals surface area contributed by atoms with Crippen molar-refractivity contribution in [1.82, 2.24) is 4.90 Å². The van der Waals surface area contributed by atoms with Gasteiger partial charge in [0.05, 0.1) is 32.2 Å². The number of carboxylic acids is 2. The van der Waals surface area contributed by atoms with Gasteiger partial charge in [0.1, 0.15) is 0 Å². The van der Waals surface area contributed by atoms with Crippen molar-refractivity contribution in [2.75, 3.05) is 39.5 Å². The molecule has 1 unspecified atom stereocenters. The molecule has 0 heterocycles. The van der Waals surface area contributed by atoms with Crippen LogP contribution in [0, 0.1) is 5.92 Å². The van der Waals surface area contributed by atoms with Crippen molar-refractivity contribution >= 4 is 11.9 Å². The molecule has 33 heavy (non-hydrogen) atoms. The standard InChI is InChI=1S/C19H34O4.C6H15NO3/c1-2-3-4-5-6-7-8-9-10-11-12-13-14-15-17(19(22)23)16-18(20)21;8-4-1-7(2-5-9)3-6-10/h14-15,17H,2-13,16H2,1H3,(H,20,21)(H,22,23);8-10H,1-6H2. The molecular weight excluding hydrogens is 426 g/mol. The Bertz CT molecular complexity index is 457. The van der Waals surface area contributed by atoms with E-state index >= 15 is 0 Å². The Morgan fingerprint density at radius 3 is 1.52 bits per heavy atom. The first-order chi connectivity index (χ1) is 15.9. The second-order valence-electron chi connectivity index (χ2n) is 8.31. The highest BCUT2D eigenvalue weighted by molar-refractivity contribution is 5.79. The number of aliphatic hydroxyl groups excluding tert-OH is 3. The summed E-state index contributed by atoms with van der Waals surface area (Å²) in [5.41, 5.74) is 0. The lowest BCUT2D eigenvalue weighted by atomic mass is 10.0. The van der Waals surface area contributed by atoms with E-state index in [0.29, 0.717) is 19.6 Å². The van der Waals surface area contributed by atoms with E-state index in [4.69, 9.17) is 25.5 Å². The zero-order chi connectivity index (χ0) is 25.2. The molecule has 0 amide bonds. The Morgan fingerprint density at radius 1 is 0.727 bits per heavy atom. The number of hydrogen-bond acceptors (Lipinski definition) is 6. The summed E-state index contributed by atoms with van der Waals surface area (Å²) in [5.74, 6) is -3.04. The first kappa shape index (κ1) is 33.7. The Labute approximate surface area is 200 Å². The lowest BCUT2D eigenvalue weighted by Crippen LogP contribution is -2.32. The largest absolute Gasteiger partial charge is 0.481 e. The van der Waals surface area contributed by atoms with E-state index < -0.39 is 17.9 Å². The van der Waals surface area contributed by atoms with Crippen molar-refractivity contribution in [3.8, 4) is 0 Å². The summed E-state index contributed by atoms with van der Waals surface area (Å²) in [7, 11) is 0. The summed E-state index contributed by atoms with van der Waals surface area (Å²) >= 11 is 0. The van der Waals surface area contributed by atoms with E-state index in [1.54, 1.807) is 4.90 Å². The topological polar surface area (TPSA) is 139 Å². The van der Waals surface area contributed by atoms with Crippen LogP contribution in [0.3, 0.4) is 0 Å². The molecular formula is C25H49NO7. The molecule has 0 saturated carbocycles. The van der Waals surface area contributed by atoms with Gasteiger partial charge >= 0.3 is 11.9 Å². The van der Waals surface area contributed by atoms with Crippen LogP contribution in [-0.2, 0) is 9.59 Å². The van der Waals surface area contributed by atoms with Crippen molar-refractivity contribution < 1.29 is 35.1 Å². The molecule has 0 spiro atoms. The highest BCUT2D eigenvalue weighted by Crippen LogP contribution is 2.13. The lowest BCUT2D eigenvalue weighted by molar-refractivity contribution is -0.146. The van der Waals surface area contributed by atoms with Gasteiger partial charge in [-0.05, 0) is 12.8 Å². The average molecular weight is 476 g/mol. The van der Waals surface area contributed by atoms with Gasteiger partial charge < -0.3 is 25.5 Å². The van der Waals surface area contributed by atoms with Crippen LogP contribution in [-0.4, -0.2) is 81.8 Å². The predicted molar refractivity (Wildman–Crippen MR) is 131 cm³/mol. The van der Waals surface area contributed by atoms with Crippen molar-refractivity contribution in [2.24, 2.45) is 5.92 Å². The summed E-state index contributed by atoms with van der Waals surface area (Å²) < 4.78 is 0. The maximum Gasteiger partial charge on any atom is 0.310 e. The smallest absolute Gasteiger partial charge is 0.310 e. The lowest BCUT2D eigenvalue weighted by Gasteiger charge is -2.17. The average Bonchev–Trinajstić information content (AvgIpc) is 2.77. The fraction of sp³-hybridized carbons (Fsp3) is 0.840. The van der Waals surface area contributed by atoms with Gasteiger partial charge in [0.2, 0.25) is 0 Å². The number of hydrogen-bond donors (Lipinski definition) is 5. The minimum absolute atomic E-state index is 0.0694. The number of unbranched alkanes of at least 4 members (excludes halogenated alkanes) is 11. The van der Waals surface area contributed by atoms with E-state index in [0.717, 1.165) is 19.3 Å². The summed E-state index contributed by atoms with van der Waals surface area (Å²) in [4.78, 5) is 23.2. The zero-order valence-electron chi connectivity index (χ0n) is 20.7. The minimum atomic E-state index is -1.07. The summed E-state index contributed by atoms with van der Waals surface area (Å²) in [6.45, 7) is 3.99. The third-order valence-corrected chi connectivity index (χ3v) is 5.30. The van der Waals surface area contributed by atoms with Gasteiger partial charge in [-0.2, -0.15) is 0 Å². The van der Waals surface area contributed by atoms with E-state index in [2.05, 4.69) is 6.92 Å². The molecule has 8 heteroatoms. The first-order valence-electron chi connectivity index (χ1n) is 12.6. The van der Waals surface area contributed by atoms with Crippen LogP contribution in [0.4, 0.5) is 0 Å². The molecule has 0 fully saturated rings. The van der Waals surface area contributed by atoms with E-state index in [9.17, 15) is 9.59 Å². The maximum atomic E-state index is 10.9. The van der Waals surface area contributed by atoms with Crippen LogP contribution in [0.15, 0.2) is 12.2 Å². The predicted octanol–water partition coefficient (Wildman–Crippen LogP) is 3.68. The second kappa shape index (κ2) is 26.8. The van der Waals surface area contributed by atoms with E-state index in [-0.39, 0.29) is 26.2 Å². The molecule has 0 rings (SSSR count). The molecule has 0 radical (unpaired) electrons. The molecule has 0 aliphatic rings. The van der Waals surface area contributed by atoms with Crippen LogP contribution < -0.4 is 0 Å². The Balaban J connectivity index is 0. The quantitative estimate of drug-likeness (QED) is 0.118. The number of aliphatic hydroxyl groups is 3. The maximum absolute atomic E-state index is 10.9. The highest BCUT2D eigenvalue weighted by atomic mass is 16.4. The zero-order valence-corrected chi connectivity index (χ0v) is 20.7. The Morgan fingerprint density at radius 2 is 1.15 bits per heavy atom. The number of allylic oxidation sites excluding steroid dienone is 1. The normalized spacial score (nSPS) is 12.0. The number of carboxylic acid groups (broad SMARTS) is 2. The summed E-state index contributed by atoms with van der Waals surface area (Å²) in [6, 6.07) is 0. The molecule has 0 aromatic rings. The van der Waals surface area contributed by atoms with Gasteiger partial charge in [-0.25, -0.2) is 0 Å². The van der Waals surface area contributed by atoms with Crippen LogP contribution in [0.5, 0.6) is 0 Å². The molecule has 0 aromatic carbocycles.